The Kier molecular flexibility index (Phi) is 4.44. The maximum atomic E-state index is 13.8. The zero-order valence-electron chi connectivity index (χ0n) is 11.8. The smallest absolute Gasteiger partial charge is 0.146 e. The van der Waals surface area contributed by atoms with Crippen LogP contribution in [-0.2, 0) is 5.33 Å². The summed E-state index contributed by atoms with van der Waals surface area (Å²) in [5, 5.41) is 0.883. The standard InChI is InChI=1S/C17H18BrFN2/c18-13-14-5-7-15(8-6-14)20-9-11-21(12-10-20)17-4-2-1-3-16(17)19/h1-8H,9-13H2. The number of para-hydroxylation sites is 1. The van der Waals surface area contributed by atoms with E-state index in [1.165, 1.54) is 17.3 Å². The maximum Gasteiger partial charge on any atom is 0.146 e. The number of hydrogen-bond acceptors (Lipinski definition) is 2. The highest BCUT2D eigenvalue weighted by atomic mass is 79.9. The molecule has 0 aliphatic carbocycles. The molecule has 1 saturated heterocycles. The van der Waals surface area contributed by atoms with Crippen molar-refractivity contribution in [2.24, 2.45) is 0 Å². The number of piperazine rings is 1. The highest BCUT2D eigenvalue weighted by Crippen LogP contribution is 2.23. The van der Waals surface area contributed by atoms with Crippen LogP contribution < -0.4 is 9.80 Å². The van der Waals surface area contributed by atoms with Crippen molar-refractivity contribution in [3.05, 3.63) is 59.9 Å². The summed E-state index contributed by atoms with van der Waals surface area (Å²) in [7, 11) is 0. The molecular weight excluding hydrogens is 331 g/mol. The molecule has 1 heterocycles. The van der Waals surface area contributed by atoms with E-state index < -0.39 is 0 Å². The van der Waals surface area contributed by atoms with Crippen molar-refractivity contribution in [2.45, 2.75) is 5.33 Å². The number of alkyl halides is 1. The lowest BCUT2D eigenvalue weighted by molar-refractivity contribution is 0.598. The number of nitrogens with zero attached hydrogens (tertiary/aromatic N) is 2. The van der Waals surface area contributed by atoms with Gasteiger partial charge in [0, 0.05) is 37.2 Å². The number of hydrogen-bond donors (Lipinski definition) is 0. The molecule has 0 N–H and O–H groups in total. The van der Waals surface area contributed by atoms with Crippen LogP contribution in [-0.4, -0.2) is 26.2 Å². The van der Waals surface area contributed by atoms with E-state index in [4.69, 9.17) is 0 Å². The average molecular weight is 349 g/mol. The monoisotopic (exact) mass is 348 g/mol. The van der Waals surface area contributed by atoms with E-state index >= 15 is 0 Å². The molecule has 2 aromatic rings. The van der Waals surface area contributed by atoms with Crippen molar-refractivity contribution in [2.75, 3.05) is 36.0 Å². The van der Waals surface area contributed by atoms with Crippen molar-refractivity contribution in [3.63, 3.8) is 0 Å². The summed E-state index contributed by atoms with van der Waals surface area (Å²) in [6.45, 7) is 3.53. The van der Waals surface area contributed by atoms with Crippen LogP contribution in [0.5, 0.6) is 0 Å². The quantitative estimate of drug-likeness (QED) is 0.772. The largest absolute Gasteiger partial charge is 0.368 e. The normalized spacial score (nSPS) is 15.3. The zero-order valence-corrected chi connectivity index (χ0v) is 13.4. The molecule has 0 bridgehead atoms. The Bertz CT molecular complexity index is 592. The summed E-state index contributed by atoms with van der Waals surface area (Å²) in [5.41, 5.74) is 3.24. The van der Waals surface area contributed by atoms with E-state index in [0.29, 0.717) is 5.69 Å². The van der Waals surface area contributed by atoms with Gasteiger partial charge in [0.15, 0.2) is 0 Å². The molecule has 0 amide bonds. The van der Waals surface area contributed by atoms with Crippen LogP contribution in [0, 0.1) is 5.82 Å². The highest BCUT2D eigenvalue weighted by Gasteiger charge is 2.19. The molecule has 4 heteroatoms. The second-order valence-electron chi connectivity index (χ2n) is 5.23. The molecule has 0 unspecified atom stereocenters. The lowest BCUT2D eigenvalue weighted by Crippen LogP contribution is -2.46. The van der Waals surface area contributed by atoms with Crippen LogP contribution in [0.25, 0.3) is 0 Å². The first-order valence-corrected chi connectivity index (χ1v) is 8.29. The summed E-state index contributed by atoms with van der Waals surface area (Å²) < 4.78 is 13.8. The van der Waals surface area contributed by atoms with Gasteiger partial charge in [-0.25, -0.2) is 4.39 Å². The first-order chi connectivity index (χ1) is 10.3. The van der Waals surface area contributed by atoms with Crippen molar-refractivity contribution >= 4 is 27.3 Å². The van der Waals surface area contributed by atoms with Gasteiger partial charge < -0.3 is 9.80 Å². The third kappa shape index (κ3) is 3.21. The second kappa shape index (κ2) is 6.48. The number of benzene rings is 2. The summed E-state index contributed by atoms with van der Waals surface area (Å²) in [6, 6.07) is 15.6. The van der Waals surface area contributed by atoms with Crippen molar-refractivity contribution in [1.29, 1.82) is 0 Å². The zero-order chi connectivity index (χ0) is 14.7. The molecule has 110 valence electrons. The van der Waals surface area contributed by atoms with Gasteiger partial charge in [-0.3, -0.25) is 0 Å². The van der Waals surface area contributed by atoms with Gasteiger partial charge in [0.05, 0.1) is 5.69 Å². The lowest BCUT2D eigenvalue weighted by atomic mass is 10.2. The molecule has 3 rings (SSSR count). The highest BCUT2D eigenvalue weighted by molar-refractivity contribution is 9.08. The van der Waals surface area contributed by atoms with Gasteiger partial charge in [-0.15, -0.1) is 0 Å². The molecule has 2 aromatic carbocycles. The first-order valence-electron chi connectivity index (χ1n) is 7.17. The molecule has 0 spiro atoms. The average Bonchev–Trinajstić information content (AvgIpc) is 2.56. The molecule has 1 fully saturated rings. The van der Waals surface area contributed by atoms with E-state index in [0.717, 1.165) is 31.5 Å². The molecule has 21 heavy (non-hydrogen) atoms. The number of anilines is 2. The fourth-order valence-corrected chi connectivity index (χ4v) is 3.08. The fourth-order valence-electron chi connectivity index (χ4n) is 2.71. The molecular formula is C17H18BrFN2. The van der Waals surface area contributed by atoms with Gasteiger partial charge in [0.25, 0.3) is 0 Å². The topological polar surface area (TPSA) is 6.48 Å². The van der Waals surface area contributed by atoms with E-state index in [1.54, 1.807) is 6.07 Å². The van der Waals surface area contributed by atoms with Crippen LogP contribution in [0.3, 0.4) is 0 Å². The van der Waals surface area contributed by atoms with E-state index in [2.05, 4.69) is 50.0 Å². The van der Waals surface area contributed by atoms with E-state index in [-0.39, 0.29) is 5.82 Å². The Balaban J connectivity index is 1.66. The summed E-state index contributed by atoms with van der Waals surface area (Å²) in [6.07, 6.45) is 0. The van der Waals surface area contributed by atoms with E-state index in [1.807, 2.05) is 12.1 Å². The van der Waals surface area contributed by atoms with Crippen LogP contribution >= 0.6 is 15.9 Å². The number of rotatable bonds is 3. The predicted octanol–water partition coefficient (Wildman–Crippen LogP) is 4.05. The van der Waals surface area contributed by atoms with Gasteiger partial charge in [0.1, 0.15) is 5.82 Å². The predicted molar refractivity (Wildman–Crippen MR) is 89.9 cm³/mol. The minimum Gasteiger partial charge on any atom is -0.368 e. The second-order valence-corrected chi connectivity index (χ2v) is 5.79. The Labute approximate surface area is 133 Å². The third-order valence-corrected chi connectivity index (χ3v) is 4.58. The van der Waals surface area contributed by atoms with Crippen LogP contribution in [0.1, 0.15) is 5.56 Å². The number of halogens is 2. The fraction of sp³-hybridized carbons (Fsp3) is 0.294. The minimum absolute atomic E-state index is 0.132. The van der Waals surface area contributed by atoms with Crippen molar-refractivity contribution in [1.82, 2.24) is 0 Å². The molecule has 1 aliphatic heterocycles. The lowest BCUT2D eigenvalue weighted by Gasteiger charge is -2.37. The Morgan fingerprint density at radius 3 is 2.10 bits per heavy atom. The van der Waals surface area contributed by atoms with Crippen LogP contribution in [0.2, 0.25) is 0 Å². The molecule has 0 atom stereocenters. The van der Waals surface area contributed by atoms with Crippen molar-refractivity contribution in [3.8, 4) is 0 Å². The minimum atomic E-state index is -0.132. The molecule has 1 aliphatic rings. The van der Waals surface area contributed by atoms with Gasteiger partial charge in [0.2, 0.25) is 0 Å². The Morgan fingerprint density at radius 1 is 0.857 bits per heavy atom. The molecule has 0 saturated carbocycles. The Hall–Kier alpha value is -1.55. The van der Waals surface area contributed by atoms with Gasteiger partial charge in [-0.1, -0.05) is 40.2 Å². The summed E-state index contributed by atoms with van der Waals surface area (Å²) in [4.78, 5) is 4.48. The van der Waals surface area contributed by atoms with Crippen LogP contribution in [0.4, 0.5) is 15.8 Å². The molecule has 2 nitrogen and oxygen atoms in total. The Morgan fingerprint density at radius 2 is 1.48 bits per heavy atom. The third-order valence-electron chi connectivity index (χ3n) is 3.93. The van der Waals surface area contributed by atoms with Crippen LogP contribution in [0.15, 0.2) is 48.5 Å². The van der Waals surface area contributed by atoms with E-state index in [9.17, 15) is 4.39 Å². The van der Waals surface area contributed by atoms with Gasteiger partial charge in [-0.05, 0) is 29.8 Å². The summed E-state index contributed by atoms with van der Waals surface area (Å²) in [5.74, 6) is -0.132. The van der Waals surface area contributed by atoms with Gasteiger partial charge in [-0.2, -0.15) is 0 Å². The first kappa shape index (κ1) is 14.4. The molecule has 0 radical (unpaired) electrons. The maximum absolute atomic E-state index is 13.8. The SMILES string of the molecule is Fc1ccccc1N1CCN(c2ccc(CBr)cc2)CC1. The van der Waals surface area contributed by atoms with Crippen molar-refractivity contribution < 1.29 is 4.39 Å². The van der Waals surface area contributed by atoms with Gasteiger partial charge >= 0.3 is 0 Å². The summed E-state index contributed by atoms with van der Waals surface area (Å²) >= 11 is 3.46. The molecule has 0 aromatic heterocycles.